The molecule has 0 aliphatic heterocycles. The van der Waals surface area contributed by atoms with Crippen molar-refractivity contribution in [2.24, 2.45) is 0 Å². The molecule has 0 rings (SSSR count). The number of ether oxygens (including phenoxy) is 1. The van der Waals surface area contributed by atoms with Crippen molar-refractivity contribution in [2.75, 3.05) is 6.61 Å². The zero-order valence-corrected chi connectivity index (χ0v) is 40.1. The van der Waals surface area contributed by atoms with Gasteiger partial charge in [0, 0.05) is 6.42 Å². The van der Waals surface area contributed by atoms with Crippen LogP contribution in [0.2, 0.25) is 0 Å². The van der Waals surface area contributed by atoms with Crippen molar-refractivity contribution in [3.63, 3.8) is 0 Å². The second-order valence-corrected chi connectivity index (χ2v) is 17.9. The van der Waals surface area contributed by atoms with Crippen LogP contribution in [0.5, 0.6) is 0 Å². The summed E-state index contributed by atoms with van der Waals surface area (Å²) in [7, 11) is 0. The third-order valence-electron chi connectivity index (χ3n) is 12.0. The quantitative estimate of drug-likeness (QED) is 0.0322. The first kappa shape index (κ1) is 58.1. The molecule has 0 radical (unpaired) electrons. The Hall–Kier alpha value is -1.92. The van der Waals surface area contributed by atoms with E-state index in [0.29, 0.717) is 19.3 Å². The topological polar surface area (TPSA) is 95.9 Å². The first-order chi connectivity index (χ1) is 29.5. The lowest BCUT2D eigenvalue weighted by molar-refractivity contribution is -0.151. The maximum atomic E-state index is 13.2. The number of hydrogen-bond acceptors (Lipinski definition) is 5. The van der Waals surface area contributed by atoms with Gasteiger partial charge in [0.15, 0.2) is 0 Å². The summed E-state index contributed by atoms with van der Waals surface area (Å²) in [5.74, 6) is -0.484. The molecule has 0 aliphatic rings. The van der Waals surface area contributed by atoms with E-state index in [0.717, 1.165) is 89.9 Å². The molecule has 3 atom stereocenters. The lowest BCUT2D eigenvalue weighted by atomic mass is 10.0. The summed E-state index contributed by atoms with van der Waals surface area (Å²) in [4.78, 5) is 26.1. The van der Waals surface area contributed by atoms with Gasteiger partial charge in [-0.2, -0.15) is 0 Å². The largest absolute Gasteiger partial charge is 0.462 e. The predicted molar refractivity (Wildman–Crippen MR) is 259 cm³/mol. The van der Waals surface area contributed by atoms with Crippen LogP contribution in [0.1, 0.15) is 271 Å². The Labute approximate surface area is 373 Å². The second-order valence-electron chi connectivity index (χ2n) is 17.9. The Morgan fingerprint density at radius 1 is 0.500 bits per heavy atom. The fourth-order valence-electron chi connectivity index (χ4n) is 8.03. The van der Waals surface area contributed by atoms with Crippen molar-refractivity contribution >= 4 is 11.9 Å². The monoisotopic (exact) mass is 844 g/mol. The number of unbranched alkanes of at least 4 members (excludes halogenated alkanes) is 29. The van der Waals surface area contributed by atoms with Gasteiger partial charge in [0.25, 0.3) is 0 Å². The van der Waals surface area contributed by atoms with Crippen molar-refractivity contribution in [1.82, 2.24) is 5.32 Å². The van der Waals surface area contributed by atoms with Crippen molar-refractivity contribution in [3.05, 3.63) is 36.5 Å². The Kier molecular flexibility index (Phi) is 46.6. The molecule has 6 nitrogen and oxygen atoms in total. The molecule has 0 bridgehead atoms. The molecule has 60 heavy (non-hydrogen) atoms. The van der Waals surface area contributed by atoms with Gasteiger partial charge in [-0.3, -0.25) is 9.59 Å². The van der Waals surface area contributed by atoms with E-state index < -0.39 is 18.2 Å². The van der Waals surface area contributed by atoms with Gasteiger partial charge < -0.3 is 20.3 Å². The summed E-state index contributed by atoms with van der Waals surface area (Å²) in [5, 5.41) is 23.8. The molecule has 1 amide bonds. The molecular weight excluding hydrogens is 743 g/mol. The number of aliphatic hydroxyl groups is 2. The van der Waals surface area contributed by atoms with E-state index in [1.54, 1.807) is 0 Å². The van der Waals surface area contributed by atoms with Gasteiger partial charge in [-0.15, -0.1) is 0 Å². The Morgan fingerprint density at radius 2 is 0.900 bits per heavy atom. The number of allylic oxidation sites excluding steroid dienone is 6. The standard InChI is InChI=1S/C54H101NO5/c1-4-7-10-13-16-19-22-25-27-29-32-35-38-41-44-47-54(59)60-50(45-42-39-36-33-30-28-26-23-20-17-14-11-8-5-2)48-53(58)55-51(49-56)52(57)46-43-40-37-34-31-24-21-18-15-12-9-6-3/h8,11,17,20,26,28,50-52,56-57H,4-7,9-10,12-16,18-19,21-25,27,29-49H2,1-3H3,(H,55,58)/b11-8+,20-17+,28-26+. The number of carbonyl (C=O) groups is 2. The molecule has 0 aromatic rings. The number of esters is 1. The van der Waals surface area contributed by atoms with E-state index in [-0.39, 0.29) is 24.9 Å². The third kappa shape index (κ3) is 42.8. The molecule has 0 aromatic heterocycles. The minimum atomic E-state index is -0.791. The summed E-state index contributed by atoms with van der Waals surface area (Å²) >= 11 is 0. The van der Waals surface area contributed by atoms with Gasteiger partial charge in [0.1, 0.15) is 6.10 Å². The lowest BCUT2D eigenvalue weighted by Crippen LogP contribution is -2.46. The smallest absolute Gasteiger partial charge is 0.306 e. The molecule has 0 aliphatic carbocycles. The Balaban J connectivity index is 4.58. The van der Waals surface area contributed by atoms with E-state index in [9.17, 15) is 19.8 Å². The number of amides is 1. The highest BCUT2D eigenvalue weighted by Gasteiger charge is 2.24. The van der Waals surface area contributed by atoms with Crippen molar-refractivity contribution in [1.29, 1.82) is 0 Å². The molecule has 0 aromatic carbocycles. The predicted octanol–water partition coefficient (Wildman–Crippen LogP) is 15.7. The van der Waals surface area contributed by atoms with E-state index >= 15 is 0 Å². The van der Waals surface area contributed by atoms with Crippen LogP contribution < -0.4 is 5.32 Å². The van der Waals surface area contributed by atoms with E-state index in [1.165, 1.54) is 135 Å². The molecule has 0 fully saturated rings. The molecule has 352 valence electrons. The average Bonchev–Trinajstić information content (AvgIpc) is 3.24. The van der Waals surface area contributed by atoms with Crippen LogP contribution in [-0.4, -0.2) is 46.9 Å². The molecular formula is C54H101NO5. The maximum absolute atomic E-state index is 13.2. The van der Waals surface area contributed by atoms with Gasteiger partial charge in [0.05, 0.1) is 25.2 Å². The van der Waals surface area contributed by atoms with Gasteiger partial charge >= 0.3 is 5.97 Å². The average molecular weight is 844 g/mol. The van der Waals surface area contributed by atoms with Crippen LogP contribution in [-0.2, 0) is 14.3 Å². The number of rotatable bonds is 47. The van der Waals surface area contributed by atoms with Crippen molar-refractivity contribution < 1.29 is 24.5 Å². The summed E-state index contributed by atoms with van der Waals surface area (Å²) in [6.45, 7) is 6.38. The lowest BCUT2D eigenvalue weighted by Gasteiger charge is -2.24. The second kappa shape index (κ2) is 48.1. The SMILES string of the molecule is CC/C=C/C/C=C/C/C=C/CCCCCCC(CC(=O)NC(CO)C(O)CCCCCCCCCCCCCC)OC(=O)CCCCCCCCCCCCCCCCC. The number of carbonyl (C=O) groups excluding carboxylic acids is 2. The summed E-state index contributed by atoms with van der Waals surface area (Å²) in [6, 6.07) is -0.705. The summed E-state index contributed by atoms with van der Waals surface area (Å²) in [6.07, 6.45) is 56.3. The van der Waals surface area contributed by atoms with Gasteiger partial charge in [-0.05, 0) is 57.8 Å². The van der Waals surface area contributed by atoms with Crippen LogP contribution in [0.25, 0.3) is 0 Å². The van der Waals surface area contributed by atoms with Crippen LogP contribution in [0, 0.1) is 0 Å². The highest BCUT2D eigenvalue weighted by Crippen LogP contribution is 2.18. The van der Waals surface area contributed by atoms with Gasteiger partial charge in [-0.25, -0.2) is 0 Å². The molecule has 0 heterocycles. The zero-order chi connectivity index (χ0) is 43.8. The summed E-state index contributed by atoms with van der Waals surface area (Å²) < 4.78 is 5.93. The van der Waals surface area contributed by atoms with Crippen molar-refractivity contribution in [3.8, 4) is 0 Å². The highest BCUT2D eigenvalue weighted by molar-refractivity contribution is 5.77. The first-order valence-corrected chi connectivity index (χ1v) is 26.2. The minimum Gasteiger partial charge on any atom is -0.462 e. The zero-order valence-electron chi connectivity index (χ0n) is 40.1. The van der Waals surface area contributed by atoms with Gasteiger partial charge in [-0.1, -0.05) is 237 Å². The highest BCUT2D eigenvalue weighted by atomic mass is 16.5. The maximum Gasteiger partial charge on any atom is 0.306 e. The van der Waals surface area contributed by atoms with E-state index in [4.69, 9.17) is 4.74 Å². The molecule has 0 saturated carbocycles. The Bertz CT molecular complexity index is 993. The summed E-state index contributed by atoms with van der Waals surface area (Å²) in [5.41, 5.74) is 0. The number of hydrogen-bond donors (Lipinski definition) is 3. The van der Waals surface area contributed by atoms with Gasteiger partial charge in [0.2, 0.25) is 5.91 Å². The molecule has 0 spiro atoms. The fraction of sp³-hybridized carbons (Fsp3) is 0.852. The van der Waals surface area contributed by atoms with Crippen LogP contribution in [0.15, 0.2) is 36.5 Å². The third-order valence-corrected chi connectivity index (χ3v) is 12.0. The Morgan fingerprint density at radius 3 is 1.37 bits per heavy atom. The van der Waals surface area contributed by atoms with Crippen LogP contribution >= 0.6 is 0 Å². The molecule has 6 heteroatoms. The fourth-order valence-corrected chi connectivity index (χ4v) is 8.03. The normalized spacial score (nSPS) is 13.5. The first-order valence-electron chi connectivity index (χ1n) is 26.2. The van der Waals surface area contributed by atoms with Crippen molar-refractivity contribution in [2.45, 2.75) is 289 Å². The van der Waals surface area contributed by atoms with Crippen LogP contribution in [0.4, 0.5) is 0 Å². The van der Waals surface area contributed by atoms with E-state index in [2.05, 4.69) is 62.5 Å². The number of aliphatic hydroxyl groups excluding tert-OH is 2. The molecule has 0 saturated heterocycles. The molecule has 3 N–H and O–H groups in total. The minimum absolute atomic E-state index is 0.0664. The number of nitrogens with one attached hydrogen (secondary N) is 1. The van der Waals surface area contributed by atoms with E-state index in [1.807, 2.05) is 0 Å². The molecule has 3 unspecified atom stereocenters. The van der Waals surface area contributed by atoms with Crippen LogP contribution in [0.3, 0.4) is 0 Å².